The first kappa shape index (κ1) is 16.2. The van der Waals surface area contributed by atoms with E-state index in [0.717, 1.165) is 38.0 Å². The fourth-order valence-corrected chi connectivity index (χ4v) is 4.80. The number of nitrogens with one attached hydrogen (secondary N) is 1. The molecule has 1 aliphatic heterocycles. The molecule has 0 aromatic carbocycles. The Balaban J connectivity index is 1.72. The standard InChI is InChI=1S/C16H22ClNO3S/c1-3-21-12-8-11(16(12)4-6-20-7-5-16)18-15(19)14-13(17)10(2)9-22-14/h9,11-12H,3-8H2,1-2H3,(H,18,19)/t11-,12+/m0/s1. The van der Waals surface area contributed by atoms with E-state index in [9.17, 15) is 4.79 Å². The quantitative estimate of drug-likeness (QED) is 0.911. The average Bonchev–Trinajstić information content (AvgIpc) is 2.87. The number of carbonyl (C=O) groups excluding carboxylic acids is 1. The molecule has 1 saturated carbocycles. The van der Waals surface area contributed by atoms with Crippen molar-refractivity contribution < 1.29 is 14.3 Å². The van der Waals surface area contributed by atoms with Gasteiger partial charge in [-0.15, -0.1) is 11.3 Å². The molecule has 2 heterocycles. The predicted octanol–water partition coefficient (Wildman–Crippen LogP) is 3.41. The number of thiophene rings is 1. The molecule has 1 N–H and O–H groups in total. The summed E-state index contributed by atoms with van der Waals surface area (Å²) in [6.45, 7) is 6.14. The van der Waals surface area contributed by atoms with Crippen LogP contribution in [0.5, 0.6) is 0 Å². The van der Waals surface area contributed by atoms with Gasteiger partial charge in [0, 0.05) is 31.3 Å². The zero-order valence-corrected chi connectivity index (χ0v) is 14.6. The van der Waals surface area contributed by atoms with Crippen molar-refractivity contribution >= 4 is 28.8 Å². The summed E-state index contributed by atoms with van der Waals surface area (Å²) in [5.74, 6) is -0.0612. The van der Waals surface area contributed by atoms with Crippen LogP contribution >= 0.6 is 22.9 Å². The van der Waals surface area contributed by atoms with Crippen LogP contribution in [0, 0.1) is 12.3 Å². The lowest BCUT2D eigenvalue weighted by Crippen LogP contribution is -2.66. The molecule has 0 bridgehead atoms. The van der Waals surface area contributed by atoms with Gasteiger partial charge >= 0.3 is 0 Å². The summed E-state index contributed by atoms with van der Waals surface area (Å²) in [5, 5.41) is 5.68. The molecule has 0 unspecified atom stereocenters. The van der Waals surface area contributed by atoms with Crippen molar-refractivity contribution in [1.29, 1.82) is 0 Å². The highest BCUT2D eigenvalue weighted by atomic mass is 35.5. The Bertz CT molecular complexity index is 554. The Kier molecular flexibility index (Phi) is 4.78. The third kappa shape index (κ3) is 2.68. The third-order valence-electron chi connectivity index (χ3n) is 4.99. The Hall–Kier alpha value is -0.620. The van der Waals surface area contributed by atoms with Crippen LogP contribution in [0.15, 0.2) is 5.38 Å². The van der Waals surface area contributed by atoms with Crippen molar-refractivity contribution in [3.63, 3.8) is 0 Å². The van der Waals surface area contributed by atoms with Crippen molar-refractivity contribution in [1.82, 2.24) is 5.32 Å². The third-order valence-corrected chi connectivity index (χ3v) is 6.68. The highest BCUT2D eigenvalue weighted by molar-refractivity contribution is 7.13. The number of carbonyl (C=O) groups is 1. The molecule has 1 amide bonds. The highest BCUT2D eigenvalue weighted by Crippen LogP contribution is 2.50. The van der Waals surface area contributed by atoms with Crippen LogP contribution in [0.3, 0.4) is 0 Å². The Labute approximate surface area is 140 Å². The van der Waals surface area contributed by atoms with Crippen LogP contribution in [-0.2, 0) is 9.47 Å². The summed E-state index contributed by atoms with van der Waals surface area (Å²) in [4.78, 5) is 13.1. The van der Waals surface area contributed by atoms with E-state index in [1.807, 2.05) is 19.2 Å². The zero-order valence-electron chi connectivity index (χ0n) is 13.0. The van der Waals surface area contributed by atoms with Crippen molar-refractivity contribution in [3.8, 4) is 0 Å². The molecule has 2 atom stereocenters. The molecule has 2 aliphatic rings. The lowest BCUT2D eigenvalue weighted by Gasteiger charge is -2.57. The van der Waals surface area contributed by atoms with E-state index in [0.29, 0.717) is 16.5 Å². The van der Waals surface area contributed by atoms with Crippen LogP contribution in [0.4, 0.5) is 0 Å². The summed E-state index contributed by atoms with van der Waals surface area (Å²) in [6, 6.07) is 0.152. The molecule has 122 valence electrons. The second-order valence-electron chi connectivity index (χ2n) is 6.11. The van der Waals surface area contributed by atoms with E-state index >= 15 is 0 Å². The fourth-order valence-electron chi connectivity index (χ4n) is 3.61. The first-order valence-corrected chi connectivity index (χ1v) is 9.08. The number of aryl methyl sites for hydroxylation is 1. The van der Waals surface area contributed by atoms with Gasteiger partial charge in [-0.05, 0) is 44.1 Å². The van der Waals surface area contributed by atoms with Crippen molar-refractivity contribution in [2.24, 2.45) is 5.41 Å². The zero-order chi connectivity index (χ0) is 15.7. The average molecular weight is 344 g/mol. The normalized spacial score (nSPS) is 26.7. The van der Waals surface area contributed by atoms with E-state index < -0.39 is 0 Å². The maximum Gasteiger partial charge on any atom is 0.263 e. The summed E-state index contributed by atoms with van der Waals surface area (Å²) in [6.07, 6.45) is 2.99. The molecular weight excluding hydrogens is 322 g/mol. The van der Waals surface area contributed by atoms with E-state index in [-0.39, 0.29) is 23.5 Å². The van der Waals surface area contributed by atoms with Crippen molar-refractivity contribution in [2.75, 3.05) is 19.8 Å². The van der Waals surface area contributed by atoms with E-state index in [4.69, 9.17) is 21.1 Å². The first-order valence-electron chi connectivity index (χ1n) is 7.82. The Morgan fingerprint density at radius 3 is 2.86 bits per heavy atom. The summed E-state index contributed by atoms with van der Waals surface area (Å²) in [5.41, 5.74) is 0.987. The van der Waals surface area contributed by atoms with Gasteiger partial charge in [0.15, 0.2) is 0 Å². The molecule has 3 rings (SSSR count). The molecule has 1 aromatic rings. The van der Waals surface area contributed by atoms with Gasteiger partial charge in [-0.3, -0.25) is 4.79 Å². The van der Waals surface area contributed by atoms with E-state index in [2.05, 4.69) is 5.32 Å². The van der Waals surface area contributed by atoms with Gasteiger partial charge in [0.25, 0.3) is 5.91 Å². The summed E-state index contributed by atoms with van der Waals surface area (Å²) >= 11 is 7.62. The molecule has 6 heteroatoms. The molecule has 1 spiro atoms. The van der Waals surface area contributed by atoms with Gasteiger partial charge in [-0.25, -0.2) is 0 Å². The van der Waals surface area contributed by atoms with Gasteiger partial charge in [0.05, 0.1) is 11.1 Å². The minimum atomic E-state index is -0.0612. The van der Waals surface area contributed by atoms with E-state index in [1.165, 1.54) is 11.3 Å². The van der Waals surface area contributed by atoms with Gasteiger partial charge in [0.1, 0.15) is 4.88 Å². The second-order valence-corrected chi connectivity index (χ2v) is 7.37. The minimum absolute atomic E-state index is 0.0305. The highest BCUT2D eigenvalue weighted by Gasteiger charge is 2.56. The van der Waals surface area contributed by atoms with Gasteiger partial charge in [-0.1, -0.05) is 11.6 Å². The largest absolute Gasteiger partial charge is 0.381 e. The lowest BCUT2D eigenvalue weighted by molar-refractivity contribution is -0.170. The maximum absolute atomic E-state index is 12.5. The number of hydrogen-bond donors (Lipinski definition) is 1. The van der Waals surface area contributed by atoms with E-state index in [1.54, 1.807) is 0 Å². The Morgan fingerprint density at radius 2 is 2.27 bits per heavy atom. The smallest absolute Gasteiger partial charge is 0.263 e. The molecule has 0 radical (unpaired) electrons. The number of halogens is 1. The van der Waals surface area contributed by atoms with Crippen LogP contribution in [0.1, 0.15) is 41.4 Å². The second kappa shape index (κ2) is 6.48. The molecule has 22 heavy (non-hydrogen) atoms. The van der Waals surface area contributed by atoms with Crippen LogP contribution in [-0.4, -0.2) is 37.9 Å². The van der Waals surface area contributed by atoms with Crippen LogP contribution in [0.25, 0.3) is 0 Å². The number of amides is 1. The van der Waals surface area contributed by atoms with Gasteiger partial charge in [-0.2, -0.15) is 0 Å². The SMILES string of the molecule is CCO[C@@H]1C[C@H](NC(=O)c2scc(C)c2Cl)C12CCOCC2. The monoisotopic (exact) mass is 343 g/mol. The number of hydrogen-bond acceptors (Lipinski definition) is 4. The maximum atomic E-state index is 12.5. The van der Waals surface area contributed by atoms with Crippen LogP contribution < -0.4 is 5.32 Å². The molecule has 1 aromatic heterocycles. The first-order chi connectivity index (χ1) is 10.6. The predicted molar refractivity (Wildman–Crippen MR) is 87.8 cm³/mol. The molecule has 2 fully saturated rings. The van der Waals surface area contributed by atoms with Crippen molar-refractivity contribution in [3.05, 3.63) is 20.8 Å². The minimum Gasteiger partial charge on any atom is -0.381 e. The topological polar surface area (TPSA) is 47.6 Å². The van der Waals surface area contributed by atoms with Crippen molar-refractivity contribution in [2.45, 2.75) is 45.3 Å². The van der Waals surface area contributed by atoms with Gasteiger partial charge in [0.2, 0.25) is 0 Å². The number of ether oxygens (including phenoxy) is 2. The lowest BCUT2D eigenvalue weighted by atomic mass is 9.57. The van der Waals surface area contributed by atoms with Gasteiger partial charge < -0.3 is 14.8 Å². The summed E-state index contributed by atoms with van der Waals surface area (Å²) in [7, 11) is 0. The molecule has 1 saturated heterocycles. The Morgan fingerprint density at radius 1 is 1.55 bits per heavy atom. The fraction of sp³-hybridized carbons (Fsp3) is 0.688. The molecule has 1 aliphatic carbocycles. The summed E-state index contributed by atoms with van der Waals surface area (Å²) < 4.78 is 11.4. The van der Waals surface area contributed by atoms with Crippen LogP contribution in [0.2, 0.25) is 5.02 Å². The molecule has 4 nitrogen and oxygen atoms in total. The number of rotatable bonds is 4. The molecular formula is C16H22ClNO3S.